The minimum atomic E-state index is -3.39. The molecule has 23 heavy (non-hydrogen) atoms. The third kappa shape index (κ3) is 3.70. The average molecular weight is 355 g/mol. The van der Waals surface area contributed by atoms with Crippen molar-refractivity contribution in [2.24, 2.45) is 9.17 Å². The molecule has 0 aliphatic heterocycles. The molecule has 1 atom stereocenters. The highest BCUT2D eigenvalue weighted by Gasteiger charge is 2.38. The number of benzene rings is 1. The Labute approximate surface area is 138 Å². The molecule has 0 radical (unpaired) electrons. The number of rotatable bonds is 3. The fourth-order valence-corrected chi connectivity index (χ4v) is 6.46. The molecule has 1 aromatic heterocycles. The molecule has 0 aliphatic carbocycles. The first kappa shape index (κ1) is 17.8. The molecule has 2 rings (SSSR count). The van der Waals surface area contributed by atoms with Gasteiger partial charge in [0.2, 0.25) is 5.03 Å². The van der Waals surface area contributed by atoms with Gasteiger partial charge in [0.25, 0.3) is 0 Å². The Morgan fingerprint density at radius 2 is 1.83 bits per heavy atom. The Balaban J connectivity index is 2.54. The minimum Gasteiger partial charge on any atom is -0.260 e. The number of halogens is 1. The monoisotopic (exact) mass is 354 g/mol. The molecule has 8 heteroatoms. The Kier molecular flexibility index (Phi) is 4.53. The van der Waals surface area contributed by atoms with Gasteiger partial charge in [-0.3, -0.25) is 4.03 Å². The lowest BCUT2D eigenvalue weighted by Gasteiger charge is -2.32. The SMILES string of the molecule is CC(C)(C)[Si](C)(C)N=S(N)(=O)c1nn(-c2ccccc2)cc1F. The quantitative estimate of drug-likeness (QED) is 0.853. The van der Waals surface area contributed by atoms with Gasteiger partial charge in [-0.25, -0.2) is 18.4 Å². The van der Waals surface area contributed by atoms with Gasteiger partial charge in [-0.1, -0.05) is 39.0 Å². The van der Waals surface area contributed by atoms with Crippen LogP contribution in [-0.4, -0.2) is 22.2 Å². The zero-order valence-electron chi connectivity index (χ0n) is 14.1. The first-order chi connectivity index (χ1) is 10.4. The van der Waals surface area contributed by atoms with Crippen LogP contribution in [0.15, 0.2) is 45.6 Å². The summed E-state index contributed by atoms with van der Waals surface area (Å²) < 4.78 is 32.8. The van der Waals surface area contributed by atoms with Gasteiger partial charge < -0.3 is 0 Å². The van der Waals surface area contributed by atoms with E-state index in [1.165, 1.54) is 10.9 Å². The van der Waals surface area contributed by atoms with Gasteiger partial charge in [0.1, 0.15) is 9.92 Å². The summed E-state index contributed by atoms with van der Waals surface area (Å²) in [6.45, 7) is 10.0. The highest BCUT2D eigenvalue weighted by atomic mass is 32.2. The summed E-state index contributed by atoms with van der Waals surface area (Å²) in [6, 6.07) is 9.03. The van der Waals surface area contributed by atoms with Crippen molar-refractivity contribution in [3.63, 3.8) is 0 Å². The number of nitrogens with zero attached hydrogens (tertiary/aromatic N) is 3. The fourth-order valence-electron chi connectivity index (χ4n) is 1.77. The van der Waals surface area contributed by atoms with Gasteiger partial charge >= 0.3 is 0 Å². The van der Waals surface area contributed by atoms with E-state index in [1.807, 2.05) is 52.1 Å². The molecule has 0 saturated carbocycles. The van der Waals surface area contributed by atoms with E-state index in [9.17, 15) is 8.60 Å². The number of aromatic nitrogens is 2. The van der Waals surface area contributed by atoms with E-state index >= 15 is 0 Å². The largest absolute Gasteiger partial charge is 0.260 e. The number of para-hydroxylation sites is 1. The molecule has 0 aliphatic rings. The second-order valence-electron chi connectivity index (χ2n) is 7.03. The minimum absolute atomic E-state index is 0.145. The summed E-state index contributed by atoms with van der Waals surface area (Å²) in [7, 11) is -5.70. The molecule has 0 bridgehead atoms. The lowest BCUT2D eigenvalue weighted by atomic mass is 10.2. The van der Waals surface area contributed by atoms with Crippen LogP contribution >= 0.6 is 0 Å². The molecule has 2 N–H and O–H groups in total. The molecule has 126 valence electrons. The number of hydrogen-bond donors (Lipinski definition) is 1. The number of nitrogens with two attached hydrogens (primary N) is 1. The van der Waals surface area contributed by atoms with Crippen molar-refractivity contribution in [2.75, 3.05) is 0 Å². The predicted molar refractivity (Wildman–Crippen MR) is 93.7 cm³/mol. The van der Waals surface area contributed by atoms with Crippen LogP contribution < -0.4 is 5.14 Å². The lowest BCUT2D eigenvalue weighted by molar-refractivity contribution is 0.591. The summed E-state index contributed by atoms with van der Waals surface area (Å²) in [5.41, 5.74) is 0.667. The van der Waals surface area contributed by atoms with Crippen LogP contribution in [0.1, 0.15) is 20.8 Å². The van der Waals surface area contributed by atoms with Gasteiger partial charge in [-0.2, -0.15) is 5.10 Å². The van der Waals surface area contributed by atoms with E-state index in [0.717, 1.165) is 0 Å². The van der Waals surface area contributed by atoms with Crippen molar-refractivity contribution in [2.45, 2.75) is 43.9 Å². The van der Waals surface area contributed by atoms with Crippen LogP contribution in [0.3, 0.4) is 0 Å². The Bertz CT molecular complexity index is 818. The second kappa shape index (κ2) is 5.84. The predicted octanol–water partition coefficient (Wildman–Crippen LogP) is 3.72. The Hall–Kier alpha value is -1.51. The van der Waals surface area contributed by atoms with Crippen molar-refractivity contribution in [1.29, 1.82) is 0 Å². The summed E-state index contributed by atoms with van der Waals surface area (Å²) in [4.78, 5) is 0. The lowest BCUT2D eigenvalue weighted by Crippen LogP contribution is -2.37. The molecule has 0 amide bonds. The van der Waals surface area contributed by atoms with E-state index in [-0.39, 0.29) is 10.1 Å². The Morgan fingerprint density at radius 1 is 1.26 bits per heavy atom. The van der Waals surface area contributed by atoms with Crippen LogP contribution in [0.2, 0.25) is 18.1 Å². The van der Waals surface area contributed by atoms with E-state index in [2.05, 4.69) is 9.13 Å². The molecule has 2 aromatic rings. The maximum Gasteiger partial charge on any atom is 0.207 e. The highest BCUT2D eigenvalue weighted by Crippen LogP contribution is 2.37. The van der Waals surface area contributed by atoms with Crippen LogP contribution in [0.4, 0.5) is 4.39 Å². The highest BCUT2D eigenvalue weighted by molar-refractivity contribution is 7.92. The summed E-state index contributed by atoms with van der Waals surface area (Å²) >= 11 is 0. The standard InChI is InChI=1S/C15H23FN4OSSi/c1-15(2,3)23(4,5)19-22(17,21)14-13(16)11-20(18-14)12-9-7-6-8-10-12/h6-11H,1-5H3,(H2,17,19,21). The maximum atomic E-state index is 14.3. The molecule has 1 unspecified atom stereocenters. The summed E-state index contributed by atoms with van der Waals surface area (Å²) in [6.07, 6.45) is 1.18. The zero-order chi connectivity index (χ0) is 17.5. The number of hydrogen-bond acceptors (Lipinski definition) is 3. The molecule has 0 fully saturated rings. The molecule has 0 saturated heterocycles. The Morgan fingerprint density at radius 3 is 2.35 bits per heavy atom. The van der Waals surface area contributed by atoms with Gasteiger partial charge in [0.05, 0.1) is 11.9 Å². The fraction of sp³-hybridized carbons (Fsp3) is 0.400. The third-order valence-corrected chi connectivity index (χ3v) is 11.5. The van der Waals surface area contributed by atoms with E-state index < -0.39 is 24.0 Å². The van der Waals surface area contributed by atoms with Crippen molar-refractivity contribution < 1.29 is 8.60 Å². The van der Waals surface area contributed by atoms with Crippen molar-refractivity contribution in [1.82, 2.24) is 9.78 Å². The van der Waals surface area contributed by atoms with Crippen molar-refractivity contribution in [3.05, 3.63) is 42.3 Å². The molecule has 0 spiro atoms. The van der Waals surface area contributed by atoms with Crippen molar-refractivity contribution in [3.8, 4) is 5.69 Å². The molecule has 5 nitrogen and oxygen atoms in total. The third-order valence-electron chi connectivity index (χ3n) is 4.14. The first-order valence-corrected chi connectivity index (χ1v) is 11.8. The molecular formula is C15H23FN4OSSi. The van der Waals surface area contributed by atoms with Crippen LogP contribution in [-0.2, 0) is 9.92 Å². The van der Waals surface area contributed by atoms with Gasteiger partial charge in [-0.15, -0.1) is 0 Å². The van der Waals surface area contributed by atoms with E-state index in [0.29, 0.717) is 5.69 Å². The first-order valence-electron chi connectivity index (χ1n) is 7.31. The molecule has 1 aromatic carbocycles. The molecular weight excluding hydrogens is 331 g/mol. The molecule has 1 heterocycles. The van der Waals surface area contributed by atoms with Crippen LogP contribution in [0.25, 0.3) is 5.69 Å². The average Bonchev–Trinajstić information content (AvgIpc) is 2.80. The maximum absolute atomic E-state index is 14.3. The topological polar surface area (TPSA) is 73.3 Å². The van der Waals surface area contributed by atoms with Gasteiger partial charge in [0.15, 0.2) is 14.1 Å². The summed E-state index contributed by atoms with van der Waals surface area (Å²) in [5.74, 6) is -0.705. The second-order valence-corrected chi connectivity index (χ2v) is 13.9. The smallest absolute Gasteiger partial charge is 0.207 e. The normalized spacial score (nSPS) is 15.3. The summed E-state index contributed by atoms with van der Waals surface area (Å²) in [5, 5.41) is 9.55. The van der Waals surface area contributed by atoms with E-state index in [1.54, 1.807) is 12.1 Å². The van der Waals surface area contributed by atoms with Crippen molar-refractivity contribution >= 4 is 18.2 Å². The van der Waals surface area contributed by atoms with Crippen LogP contribution in [0.5, 0.6) is 0 Å². The van der Waals surface area contributed by atoms with Crippen LogP contribution in [0, 0.1) is 5.82 Å². The van der Waals surface area contributed by atoms with E-state index in [4.69, 9.17) is 5.14 Å². The van der Waals surface area contributed by atoms with Gasteiger partial charge in [-0.05, 0) is 30.3 Å². The zero-order valence-corrected chi connectivity index (χ0v) is 15.9. The van der Waals surface area contributed by atoms with Gasteiger partial charge in [0, 0.05) is 0 Å².